The van der Waals surface area contributed by atoms with Gasteiger partial charge in [0.05, 0.1) is 5.69 Å². The molecular weight excluding hydrogens is 227 g/mol. The van der Waals surface area contributed by atoms with Gasteiger partial charge in [0.2, 0.25) is 0 Å². The zero-order valence-corrected chi connectivity index (χ0v) is 10.0. The molecule has 0 saturated heterocycles. The molecule has 18 heavy (non-hydrogen) atoms. The number of nitrogens with zero attached hydrogens (tertiary/aromatic N) is 1. The maximum Gasteiger partial charge on any atom is 0.146 e. The van der Waals surface area contributed by atoms with Crippen LogP contribution in [0.15, 0.2) is 48.5 Å². The molecule has 0 aliphatic carbocycles. The summed E-state index contributed by atoms with van der Waals surface area (Å²) < 4.78 is 15.6. The van der Waals surface area contributed by atoms with Gasteiger partial charge in [-0.2, -0.15) is 0 Å². The summed E-state index contributed by atoms with van der Waals surface area (Å²) in [6.45, 7) is 0. The summed E-state index contributed by atoms with van der Waals surface area (Å²) >= 11 is 0. The van der Waals surface area contributed by atoms with Crippen molar-refractivity contribution >= 4 is 16.6 Å². The van der Waals surface area contributed by atoms with Crippen LogP contribution < -0.4 is 5.73 Å². The fraction of sp³-hybridized carbons (Fsp3) is 0.0667. The minimum absolute atomic E-state index is 0.178. The molecule has 2 N–H and O–H groups in total. The van der Waals surface area contributed by atoms with Crippen LogP contribution >= 0.6 is 0 Å². The van der Waals surface area contributed by atoms with Crippen molar-refractivity contribution in [1.82, 2.24) is 4.57 Å². The van der Waals surface area contributed by atoms with Gasteiger partial charge in [-0.15, -0.1) is 0 Å². The Bertz CT molecular complexity index is 728. The summed E-state index contributed by atoms with van der Waals surface area (Å²) in [5.74, 6) is -0.377. The molecule has 0 unspecified atom stereocenters. The monoisotopic (exact) mass is 240 g/mol. The highest BCUT2D eigenvalue weighted by Gasteiger charge is 2.09. The molecule has 0 atom stereocenters. The van der Waals surface area contributed by atoms with Crippen molar-refractivity contribution in [1.29, 1.82) is 0 Å². The van der Waals surface area contributed by atoms with Gasteiger partial charge in [0.1, 0.15) is 5.82 Å². The summed E-state index contributed by atoms with van der Waals surface area (Å²) in [6.07, 6.45) is 0. The SMILES string of the molecule is Cn1c(-c2ccc(N)c(F)c2)cc2ccccc21. The Kier molecular flexibility index (Phi) is 2.33. The summed E-state index contributed by atoms with van der Waals surface area (Å²) in [7, 11) is 1.98. The molecule has 0 spiro atoms. The van der Waals surface area contributed by atoms with Gasteiger partial charge < -0.3 is 10.3 Å². The third-order valence-corrected chi connectivity index (χ3v) is 3.25. The molecule has 0 saturated carbocycles. The number of hydrogen-bond acceptors (Lipinski definition) is 1. The van der Waals surface area contributed by atoms with Gasteiger partial charge in [0, 0.05) is 29.2 Å². The lowest BCUT2D eigenvalue weighted by Crippen LogP contribution is -1.94. The number of anilines is 1. The predicted molar refractivity (Wildman–Crippen MR) is 72.7 cm³/mol. The highest BCUT2D eigenvalue weighted by Crippen LogP contribution is 2.28. The normalized spacial score (nSPS) is 11.0. The van der Waals surface area contributed by atoms with Crippen LogP contribution in [0.3, 0.4) is 0 Å². The molecule has 0 aliphatic heterocycles. The molecule has 90 valence electrons. The molecule has 0 radical (unpaired) electrons. The summed E-state index contributed by atoms with van der Waals surface area (Å²) in [6, 6.07) is 15.1. The number of nitrogen functional groups attached to an aromatic ring is 1. The van der Waals surface area contributed by atoms with Crippen molar-refractivity contribution in [3.63, 3.8) is 0 Å². The van der Waals surface area contributed by atoms with E-state index in [1.165, 1.54) is 6.07 Å². The minimum atomic E-state index is -0.377. The fourth-order valence-electron chi connectivity index (χ4n) is 2.25. The Hall–Kier alpha value is -2.29. The van der Waals surface area contributed by atoms with Crippen molar-refractivity contribution in [2.24, 2.45) is 7.05 Å². The molecule has 1 heterocycles. The molecule has 0 aliphatic rings. The lowest BCUT2D eigenvalue weighted by molar-refractivity contribution is 0.633. The lowest BCUT2D eigenvalue weighted by Gasteiger charge is -2.05. The van der Waals surface area contributed by atoms with Crippen molar-refractivity contribution < 1.29 is 4.39 Å². The van der Waals surface area contributed by atoms with E-state index in [2.05, 4.69) is 10.6 Å². The number of rotatable bonds is 1. The zero-order chi connectivity index (χ0) is 12.7. The zero-order valence-electron chi connectivity index (χ0n) is 10.0. The summed E-state index contributed by atoms with van der Waals surface area (Å²) in [4.78, 5) is 0. The number of fused-ring (bicyclic) bond motifs is 1. The predicted octanol–water partition coefficient (Wildman–Crippen LogP) is 3.57. The van der Waals surface area contributed by atoms with E-state index < -0.39 is 0 Å². The lowest BCUT2D eigenvalue weighted by atomic mass is 10.1. The number of benzene rings is 2. The summed E-state index contributed by atoms with van der Waals surface area (Å²) in [5.41, 5.74) is 8.62. The molecule has 0 amide bonds. The van der Waals surface area contributed by atoms with Gasteiger partial charge in [-0.3, -0.25) is 0 Å². The fourth-order valence-corrected chi connectivity index (χ4v) is 2.25. The minimum Gasteiger partial charge on any atom is -0.396 e. The second-order valence-electron chi connectivity index (χ2n) is 4.38. The average Bonchev–Trinajstić information content (AvgIpc) is 2.71. The highest BCUT2D eigenvalue weighted by molar-refractivity contribution is 5.87. The van der Waals surface area contributed by atoms with Crippen LogP contribution in [-0.2, 0) is 7.05 Å². The van der Waals surface area contributed by atoms with Crippen molar-refractivity contribution in [2.75, 3.05) is 5.73 Å². The van der Waals surface area contributed by atoms with E-state index >= 15 is 0 Å². The second kappa shape index (κ2) is 3.88. The Balaban J connectivity index is 2.25. The van der Waals surface area contributed by atoms with E-state index in [9.17, 15) is 4.39 Å². The van der Waals surface area contributed by atoms with Crippen LogP contribution in [0.25, 0.3) is 22.2 Å². The first-order valence-corrected chi connectivity index (χ1v) is 5.76. The molecule has 2 nitrogen and oxygen atoms in total. The standard InChI is InChI=1S/C15H13FN2/c1-18-14-5-3-2-4-10(14)9-15(18)11-6-7-13(17)12(16)8-11/h2-9H,17H2,1H3. The maximum atomic E-state index is 13.5. The molecular formula is C15H13FN2. The van der Waals surface area contributed by atoms with Gasteiger partial charge in [0.25, 0.3) is 0 Å². The topological polar surface area (TPSA) is 30.9 Å². The largest absolute Gasteiger partial charge is 0.396 e. The van der Waals surface area contributed by atoms with Crippen LogP contribution in [0.5, 0.6) is 0 Å². The highest BCUT2D eigenvalue weighted by atomic mass is 19.1. The van der Waals surface area contributed by atoms with Gasteiger partial charge in [0.15, 0.2) is 0 Å². The molecule has 2 aromatic carbocycles. The van der Waals surface area contributed by atoms with E-state index in [0.717, 1.165) is 22.2 Å². The average molecular weight is 240 g/mol. The third-order valence-electron chi connectivity index (χ3n) is 3.25. The smallest absolute Gasteiger partial charge is 0.146 e. The van der Waals surface area contributed by atoms with E-state index in [-0.39, 0.29) is 11.5 Å². The van der Waals surface area contributed by atoms with Crippen LogP contribution in [0.1, 0.15) is 0 Å². The second-order valence-corrected chi connectivity index (χ2v) is 4.38. The number of aryl methyl sites for hydroxylation is 1. The quantitative estimate of drug-likeness (QED) is 0.648. The van der Waals surface area contributed by atoms with Gasteiger partial charge >= 0.3 is 0 Å². The van der Waals surface area contributed by atoms with E-state index in [4.69, 9.17) is 5.73 Å². The molecule has 3 rings (SSSR count). The maximum absolute atomic E-state index is 13.5. The van der Waals surface area contributed by atoms with Crippen molar-refractivity contribution in [3.05, 3.63) is 54.3 Å². The van der Waals surface area contributed by atoms with Crippen LogP contribution in [0.2, 0.25) is 0 Å². The first kappa shape index (κ1) is 10.8. The molecule has 3 heteroatoms. The van der Waals surface area contributed by atoms with Crippen molar-refractivity contribution in [2.45, 2.75) is 0 Å². The van der Waals surface area contributed by atoms with E-state index in [1.807, 2.05) is 37.4 Å². The van der Waals surface area contributed by atoms with Crippen LogP contribution in [-0.4, -0.2) is 4.57 Å². The van der Waals surface area contributed by atoms with Crippen molar-refractivity contribution in [3.8, 4) is 11.3 Å². The van der Waals surface area contributed by atoms with Gasteiger partial charge in [-0.1, -0.05) is 24.3 Å². The Morgan fingerprint density at radius 1 is 1.06 bits per heavy atom. The number of hydrogen-bond donors (Lipinski definition) is 1. The van der Waals surface area contributed by atoms with Gasteiger partial charge in [-0.05, 0) is 24.3 Å². The van der Waals surface area contributed by atoms with E-state index in [1.54, 1.807) is 6.07 Å². The number of halogens is 1. The molecule has 1 aromatic heterocycles. The Labute approximate surface area is 104 Å². The summed E-state index contributed by atoms with van der Waals surface area (Å²) in [5, 5.41) is 1.15. The molecule has 3 aromatic rings. The first-order chi connectivity index (χ1) is 8.66. The molecule has 0 fully saturated rings. The first-order valence-electron chi connectivity index (χ1n) is 5.76. The molecule has 0 bridgehead atoms. The van der Waals surface area contributed by atoms with Gasteiger partial charge in [-0.25, -0.2) is 4.39 Å². The van der Waals surface area contributed by atoms with E-state index in [0.29, 0.717) is 0 Å². The Morgan fingerprint density at radius 3 is 2.56 bits per heavy atom. The Morgan fingerprint density at radius 2 is 1.83 bits per heavy atom. The number of nitrogens with two attached hydrogens (primary N) is 1. The number of aromatic nitrogens is 1. The van der Waals surface area contributed by atoms with Crippen LogP contribution in [0.4, 0.5) is 10.1 Å². The number of para-hydroxylation sites is 1. The third kappa shape index (κ3) is 1.56. The van der Waals surface area contributed by atoms with Crippen LogP contribution in [0, 0.1) is 5.82 Å².